The van der Waals surface area contributed by atoms with Crippen LogP contribution in [0.4, 0.5) is 0 Å². The maximum atomic E-state index is 8.70. The SMILES string of the molecule is OCCNCc1ccc(OCc2ccc(Cl)c(Cl)c2)cc1. The maximum absolute atomic E-state index is 8.70. The van der Waals surface area contributed by atoms with E-state index >= 15 is 0 Å². The number of halogens is 2. The van der Waals surface area contributed by atoms with Crippen molar-refractivity contribution in [3.8, 4) is 5.75 Å². The molecule has 0 saturated carbocycles. The normalized spacial score (nSPS) is 10.6. The van der Waals surface area contributed by atoms with Crippen molar-refractivity contribution in [1.82, 2.24) is 5.32 Å². The minimum atomic E-state index is 0.144. The first-order chi connectivity index (χ1) is 10.2. The molecule has 2 aromatic carbocycles. The summed E-state index contributed by atoms with van der Waals surface area (Å²) in [6.45, 7) is 1.91. The van der Waals surface area contributed by atoms with E-state index in [-0.39, 0.29) is 6.61 Å². The Bertz CT molecular complexity index is 573. The molecule has 2 aromatic rings. The molecule has 5 heteroatoms. The third-order valence-corrected chi connectivity index (χ3v) is 3.67. The molecule has 0 aliphatic rings. The predicted molar refractivity (Wildman–Crippen MR) is 86.0 cm³/mol. The highest BCUT2D eigenvalue weighted by Crippen LogP contribution is 2.23. The Balaban J connectivity index is 1.86. The number of benzene rings is 2. The summed E-state index contributed by atoms with van der Waals surface area (Å²) >= 11 is 11.8. The lowest BCUT2D eigenvalue weighted by Crippen LogP contribution is -2.17. The van der Waals surface area contributed by atoms with Crippen LogP contribution < -0.4 is 10.1 Å². The maximum Gasteiger partial charge on any atom is 0.119 e. The summed E-state index contributed by atoms with van der Waals surface area (Å²) in [5.74, 6) is 0.798. The van der Waals surface area contributed by atoms with Gasteiger partial charge in [0.05, 0.1) is 16.7 Å². The monoisotopic (exact) mass is 325 g/mol. The lowest BCUT2D eigenvalue weighted by molar-refractivity contribution is 0.292. The predicted octanol–water partition coefficient (Wildman–Crippen LogP) is 3.65. The molecule has 0 aliphatic carbocycles. The first kappa shape index (κ1) is 16.1. The number of hydrogen-bond acceptors (Lipinski definition) is 3. The van der Waals surface area contributed by atoms with Gasteiger partial charge in [-0.3, -0.25) is 0 Å². The average Bonchev–Trinajstić information content (AvgIpc) is 2.50. The van der Waals surface area contributed by atoms with Gasteiger partial charge in [0.2, 0.25) is 0 Å². The molecular formula is C16H17Cl2NO2. The highest BCUT2D eigenvalue weighted by Gasteiger charge is 2.01. The molecule has 0 radical (unpaired) electrons. The van der Waals surface area contributed by atoms with Crippen LogP contribution in [-0.4, -0.2) is 18.3 Å². The highest BCUT2D eigenvalue weighted by atomic mass is 35.5. The fraction of sp³-hybridized carbons (Fsp3) is 0.250. The summed E-state index contributed by atoms with van der Waals surface area (Å²) in [4.78, 5) is 0. The van der Waals surface area contributed by atoms with Crippen LogP contribution in [0.15, 0.2) is 42.5 Å². The van der Waals surface area contributed by atoms with Crippen LogP contribution in [-0.2, 0) is 13.2 Å². The van der Waals surface area contributed by atoms with Crippen LogP contribution in [0.25, 0.3) is 0 Å². The lowest BCUT2D eigenvalue weighted by Gasteiger charge is -2.08. The van der Waals surface area contributed by atoms with E-state index in [0.717, 1.165) is 23.4 Å². The quantitative estimate of drug-likeness (QED) is 0.763. The second-order valence-electron chi connectivity index (χ2n) is 4.58. The zero-order valence-corrected chi connectivity index (χ0v) is 13.0. The average molecular weight is 326 g/mol. The molecule has 0 amide bonds. The third kappa shape index (κ3) is 5.21. The van der Waals surface area contributed by atoms with Gasteiger partial charge in [-0.15, -0.1) is 0 Å². The molecule has 0 aromatic heterocycles. The van der Waals surface area contributed by atoms with Gasteiger partial charge in [-0.05, 0) is 35.4 Å². The number of aliphatic hydroxyl groups excluding tert-OH is 1. The molecule has 2 N–H and O–H groups in total. The summed E-state index contributed by atoms with van der Waals surface area (Å²) in [7, 11) is 0. The molecule has 21 heavy (non-hydrogen) atoms. The van der Waals surface area contributed by atoms with Crippen molar-refractivity contribution in [1.29, 1.82) is 0 Å². The van der Waals surface area contributed by atoms with Crippen molar-refractivity contribution in [2.75, 3.05) is 13.2 Å². The summed E-state index contributed by atoms with van der Waals surface area (Å²) < 4.78 is 5.71. The van der Waals surface area contributed by atoms with E-state index in [1.165, 1.54) is 0 Å². The highest BCUT2D eigenvalue weighted by molar-refractivity contribution is 6.42. The topological polar surface area (TPSA) is 41.5 Å². The fourth-order valence-corrected chi connectivity index (χ4v) is 2.13. The Hall–Kier alpha value is -1.26. The van der Waals surface area contributed by atoms with E-state index in [1.54, 1.807) is 12.1 Å². The van der Waals surface area contributed by atoms with Gasteiger partial charge in [0, 0.05) is 13.1 Å². The van der Waals surface area contributed by atoms with Gasteiger partial charge >= 0.3 is 0 Å². The largest absolute Gasteiger partial charge is 0.489 e. The molecule has 0 saturated heterocycles. The molecule has 0 heterocycles. The minimum absolute atomic E-state index is 0.144. The molecule has 3 nitrogen and oxygen atoms in total. The third-order valence-electron chi connectivity index (χ3n) is 2.93. The zero-order chi connectivity index (χ0) is 15.1. The minimum Gasteiger partial charge on any atom is -0.489 e. The summed E-state index contributed by atoms with van der Waals surface area (Å²) in [6, 6.07) is 13.3. The van der Waals surface area contributed by atoms with Crippen molar-refractivity contribution >= 4 is 23.2 Å². The van der Waals surface area contributed by atoms with Crippen LogP contribution in [0, 0.1) is 0 Å². The van der Waals surface area contributed by atoms with E-state index in [2.05, 4.69) is 5.32 Å². The van der Waals surface area contributed by atoms with Crippen LogP contribution in [0.1, 0.15) is 11.1 Å². The number of aliphatic hydroxyl groups is 1. The number of rotatable bonds is 7. The van der Waals surface area contributed by atoms with Crippen molar-refractivity contribution in [2.24, 2.45) is 0 Å². The smallest absolute Gasteiger partial charge is 0.119 e. The molecule has 0 bridgehead atoms. The lowest BCUT2D eigenvalue weighted by atomic mass is 10.2. The van der Waals surface area contributed by atoms with Crippen LogP contribution in [0.2, 0.25) is 10.0 Å². The Morgan fingerprint density at radius 2 is 1.67 bits per heavy atom. The molecule has 0 unspecified atom stereocenters. The van der Waals surface area contributed by atoms with Crippen molar-refractivity contribution < 1.29 is 9.84 Å². The number of hydrogen-bond donors (Lipinski definition) is 2. The Kier molecular flexibility index (Phi) is 6.33. The van der Waals surface area contributed by atoms with Crippen molar-refractivity contribution in [3.63, 3.8) is 0 Å². The number of ether oxygens (including phenoxy) is 1. The molecule has 2 rings (SSSR count). The number of nitrogens with one attached hydrogen (secondary N) is 1. The van der Waals surface area contributed by atoms with E-state index in [4.69, 9.17) is 33.0 Å². The van der Waals surface area contributed by atoms with Crippen LogP contribution in [0.3, 0.4) is 0 Å². The summed E-state index contributed by atoms with van der Waals surface area (Å²) in [6.07, 6.45) is 0. The van der Waals surface area contributed by atoms with Gasteiger partial charge in [-0.25, -0.2) is 0 Å². The van der Waals surface area contributed by atoms with E-state index in [1.807, 2.05) is 30.3 Å². The first-order valence-corrected chi connectivity index (χ1v) is 7.42. The summed E-state index contributed by atoms with van der Waals surface area (Å²) in [5, 5.41) is 12.9. The zero-order valence-electron chi connectivity index (χ0n) is 11.5. The van der Waals surface area contributed by atoms with E-state index in [0.29, 0.717) is 23.2 Å². The Morgan fingerprint density at radius 3 is 2.33 bits per heavy atom. The Labute approximate surface area is 134 Å². The van der Waals surface area contributed by atoms with Gasteiger partial charge in [0.15, 0.2) is 0 Å². The van der Waals surface area contributed by atoms with Gasteiger partial charge in [0.1, 0.15) is 12.4 Å². The van der Waals surface area contributed by atoms with E-state index < -0.39 is 0 Å². The fourth-order valence-electron chi connectivity index (χ4n) is 1.81. The van der Waals surface area contributed by atoms with Gasteiger partial charge < -0.3 is 15.2 Å². The second kappa shape index (κ2) is 8.25. The second-order valence-corrected chi connectivity index (χ2v) is 5.40. The first-order valence-electron chi connectivity index (χ1n) is 6.66. The van der Waals surface area contributed by atoms with Gasteiger partial charge in [-0.2, -0.15) is 0 Å². The van der Waals surface area contributed by atoms with Crippen molar-refractivity contribution in [3.05, 3.63) is 63.6 Å². The van der Waals surface area contributed by atoms with Gasteiger partial charge in [0.25, 0.3) is 0 Å². The molecule has 0 aliphatic heterocycles. The molecule has 0 fully saturated rings. The summed E-state index contributed by atoms with van der Waals surface area (Å²) in [5.41, 5.74) is 2.11. The molecule has 0 atom stereocenters. The Morgan fingerprint density at radius 1 is 0.952 bits per heavy atom. The molecule has 0 spiro atoms. The molecular weight excluding hydrogens is 309 g/mol. The van der Waals surface area contributed by atoms with E-state index in [9.17, 15) is 0 Å². The molecule has 112 valence electrons. The van der Waals surface area contributed by atoms with Crippen LogP contribution in [0.5, 0.6) is 5.75 Å². The standard InChI is InChI=1S/C16H17Cl2NO2/c17-15-6-3-13(9-16(15)18)11-21-14-4-1-12(2-5-14)10-19-7-8-20/h1-6,9,19-20H,7-8,10-11H2. The van der Waals surface area contributed by atoms with Gasteiger partial charge in [-0.1, -0.05) is 41.4 Å². The van der Waals surface area contributed by atoms with Crippen molar-refractivity contribution in [2.45, 2.75) is 13.2 Å². The van der Waals surface area contributed by atoms with Crippen LogP contribution >= 0.6 is 23.2 Å².